The van der Waals surface area contributed by atoms with Crippen molar-refractivity contribution in [3.63, 3.8) is 0 Å². The Morgan fingerprint density at radius 1 is 1.11 bits per heavy atom. The number of urea groups is 1. The van der Waals surface area contributed by atoms with E-state index >= 15 is 0 Å². The second-order valence-electron chi connectivity index (χ2n) is 8.94. The van der Waals surface area contributed by atoms with Gasteiger partial charge in [0.15, 0.2) is 0 Å². The number of nitrogens with zero attached hydrogens (tertiary/aromatic N) is 2. The molecule has 0 spiro atoms. The molecule has 142 valence electrons. The quantitative estimate of drug-likeness (QED) is 0.807. The molecule has 2 aromatic rings. The minimum absolute atomic E-state index is 0.0445. The number of carbonyl (C=O) groups excluding carboxylic acids is 1. The van der Waals surface area contributed by atoms with Gasteiger partial charge in [0.1, 0.15) is 0 Å². The maximum atomic E-state index is 13.3. The summed E-state index contributed by atoms with van der Waals surface area (Å²) in [4.78, 5) is 19.7. The fourth-order valence-corrected chi connectivity index (χ4v) is 6.72. The number of thiophene rings is 1. The smallest absolute Gasteiger partial charge is 0.318 e. The van der Waals surface area contributed by atoms with Gasteiger partial charge in [-0.25, -0.2) is 4.79 Å². The second-order valence-corrected chi connectivity index (χ2v) is 9.72. The van der Waals surface area contributed by atoms with Gasteiger partial charge in [0.05, 0.1) is 12.2 Å². The molecule has 0 saturated heterocycles. The molecule has 4 saturated carbocycles. The molecule has 5 heteroatoms. The molecule has 0 aromatic carbocycles. The molecular weight excluding hydrogens is 354 g/mol. The highest BCUT2D eigenvalue weighted by Gasteiger charge is 2.51. The molecule has 2 heterocycles. The number of hydrogen-bond acceptors (Lipinski definition) is 3. The largest absolute Gasteiger partial charge is 0.333 e. The van der Waals surface area contributed by atoms with Crippen molar-refractivity contribution < 1.29 is 4.79 Å². The average molecular weight is 382 g/mol. The van der Waals surface area contributed by atoms with Crippen LogP contribution in [0.1, 0.15) is 49.8 Å². The third kappa shape index (κ3) is 3.62. The first-order chi connectivity index (χ1) is 13.2. The number of nitrogens with one attached hydrogen (secondary N) is 1. The molecule has 4 aliphatic rings. The van der Waals surface area contributed by atoms with E-state index in [0.717, 1.165) is 23.4 Å². The van der Waals surface area contributed by atoms with E-state index in [4.69, 9.17) is 0 Å². The predicted molar refractivity (Wildman–Crippen MR) is 107 cm³/mol. The lowest BCUT2D eigenvalue weighted by atomic mass is 9.53. The van der Waals surface area contributed by atoms with Crippen molar-refractivity contribution in [3.05, 3.63) is 52.5 Å². The lowest BCUT2D eigenvalue weighted by molar-refractivity contribution is -0.0160. The minimum atomic E-state index is 0.0445. The van der Waals surface area contributed by atoms with Crippen LogP contribution in [-0.4, -0.2) is 21.5 Å². The van der Waals surface area contributed by atoms with E-state index in [2.05, 4.69) is 27.1 Å². The van der Waals surface area contributed by atoms with E-state index in [1.807, 2.05) is 23.1 Å². The number of pyridine rings is 1. The van der Waals surface area contributed by atoms with Crippen molar-refractivity contribution in [2.24, 2.45) is 17.8 Å². The van der Waals surface area contributed by atoms with E-state index in [1.54, 1.807) is 17.5 Å². The lowest BCUT2D eigenvalue weighted by Gasteiger charge is -2.57. The van der Waals surface area contributed by atoms with Gasteiger partial charge in [-0.15, -0.1) is 0 Å². The van der Waals surface area contributed by atoms with Gasteiger partial charge in [-0.1, -0.05) is 6.07 Å². The summed E-state index contributed by atoms with van der Waals surface area (Å²) in [6.45, 7) is 1.19. The number of rotatable bonds is 5. The molecular formula is C22H27N3OS. The number of hydrogen-bond donors (Lipinski definition) is 1. The first-order valence-electron chi connectivity index (χ1n) is 10.2. The Bertz CT molecular complexity index is 754. The highest BCUT2D eigenvalue weighted by molar-refractivity contribution is 7.07. The van der Waals surface area contributed by atoms with Gasteiger partial charge in [-0.2, -0.15) is 11.3 Å². The molecule has 0 atom stereocenters. The van der Waals surface area contributed by atoms with Crippen molar-refractivity contribution >= 4 is 17.4 Å². The van der Waals surface area contributed by atoms with Crippen LogP contribution in [0.2, 0.25) is 0 Å². The maximum absolute atomic E-state index is 13.3. The number of amides is 2. The molecule has 1 N–H and O–H groups in total. The SMILES string of the molecule is O=C(NC12CC3CC(CC(C3)C1)C2)N(Cc1ccsc1)Cc1ccccn1. The van der Waals surface area contributed by atoms with Gasteiger partial charge in [-0.3, -0.25) is 4.98 Å². The third-order valence-corrected chi connectivity index (χ3v) is 7.46. The zero-order valence-corrected chi connectivity index (χ0v) is 16.5. The molecule has 4 bridgehead atoms. The molecule has 2 amide bonds. The maximum Gasteiger partial charge on any atom is 0.318 e. The normalized spacial score (nSPS) is 31.0. The monoisotopic (exact) mass is 381 g/mol. The van der Waals surface area contributed by atoms with Crippen LogP contribution in [0.3, 0.4) is 0 Å². The molecule has 4 aliphatic carbocycles. The topological polar surface area (TPSA) is 45.2 Å². The van der Waals surface area contributed by atoms with E-state index in [0.29, 0.717) is 13.1 Å². The third-order valence-electron chi connectivity index (χ3n) is 6.73. The Morgan fingerprint density at radius 2 is 1.85 bits per heavy atom. The number of aromatic nitrogens is 1. The summed E-state index contributed by atoms with van der Waals surface area (Å²) in [7, 11) is 0. The van der Waals surface area contributed by atoms with Crippen molar-refractivity contribution in [2.45, 2.75) is 57.2 Å². The van der Waals surface area contributed by atoms with Gasteiger partial charge in [0.2, 0.25) is 0 Å². The zero-order valence-electron chi connectivity index (χ0n) is 15.6. The van der Waals surface area contributed by atoms with Gasteiger partial charge < -0.3 is 10.2 Å². The molecule has 0 aliphatic heterocycles. The summed E-state index contributed by atoms with van der Waals surface area (Å²) in [5.74, 6) is 2.49. The molecule has 0 radical (unpaired) electrons. The Labute approximate surface area is 165 Å². The van der Waals surface area contributed by atoms with Crippen molar-refractivity contribution in [1.82, 2.24) is 15.2 Å². The van der Waals surface area contributed by atoms with Crippen LogP contribution in [0, 0.1) is 17.8 Å². The zero-order chi connectivity index (χ0) is 18.3. The van der Waals surface area contributed by atoms with Crippen LogP contribution in [0.25, 0.3) is 0 Å². The van der Waals surface area contributed by atoms with Crippen LogP contribution in [0.4, 0.5) is 4.79 Å². The van der Waals surface area contributed by atoms with Gasteiger partial charge in [0, 0.05) is 18.3 Å². The van der Waals surface area contributed by atoms with Gasteiger partial charge >= 0.3 is 6.03 Å². The Balaban J connectivity index is 1.34. The summed E-state index contributed by atoms with van der Waals surface area (Å²) in [6, 6.07) is 8.09. The van der Waals surface area contributed by atoms with E-state index in [1.165, 1.54) is 44.1 Å². The predicted octanol–water partition coefficient (Wildman–Crippen LogP) is 4.82. The molecule has 4 nitrogen and oxygen atoms in total. The van der Waals surface area contributed by atoms with E-state index in [-0.39, 0.29) is 11.6 Å². The molecule has 2 aromatic heterocycles. The van der Waals surface area contributed by atoms with Crippen LogP contribution >= 0.6 is 11.3 Å². The van der Waals surface area contributed by atoms with Crippen LogP contribution in [0.5, 0.6) is 0 Å². The summed E-state index contributed by atoms with van der Waals surface area (Å²) in [6.07, 6.45) is 9.52. The van der Waals surface area contributed by atoms with Crippen LogP contribution in [-0.2, 0) is 13.1 Å². The first-order valence-corrected chi connectivity index (χ1v) is 11.1. The molecule has 6 rings (SSSR count). The average Bonchev–Trinajstić information content (AvgIpc) is 3.13. The summed E-state index contributed by atoms with van der Waals surface area (Å²) in [5.41, 5.74) is 2.17. The van der Waals surface area contributed by atoms with Crippen molar-refractivity contribution in [2.75, 3.05) is 0 Å². The van der Waals surface area contributed by atoms with Crippen molar-refractivity contribution in [1.29, 1.82) is 0 Å². The van der Waals surface area contributed by atoms with E-state index in [9.17, 15) is 4.79 Å². The second kappa shape index (κ2) is 6.93. The van der Waals surface area contributed by atoms with Crippen molar-refractivity contribution in [3.8, 4) is 0 Å². The van der Waals surface area contributed by atoms with Crippen LogP contribution < -0.4 is 5.32 Å². The minimum Gasteiger partial charge on any atom is -0.333 e. The standard InChI is InChI=1S/C22H27N3OS/c26-21(24-22-10-17-7-18(11-22)9-19(8-17)12-22)25(13-16-4-6-27-15-16)14-20-3-1-2-5-23-20/h1-6,15,17-19H,7-14H2,(H,24,26). The fourth-order valence-electron chi connectivity index (χ4n) is 6.06. The van der Waals surface area contributed by atoms with E-state index < -0.39 is 0 Å². The Hall–Kier alpha value is -1.88. The highest BCUT2D eigenvalue weighted by atomic mass is 32.1. The molecule has 27 heavy (non-hydrogen) atoms. The van der Waals surface area contributed by atoms with Gasteiger partial charge in [-0.05, 0) is 90.8 Å². The summed E-state index contributed by atoms with van der Waals surface area (Å²) in [5, 5.41) is 7.72. The number of carbonyl (C=O) groups is 1. The Kier molecular flexibility index (Phi) is 4.43. The van der Waals surface area contributed by atoms with Gasteiger partial charge in [0.25, 0.3) is 0 Å². The molecule has 0 unspecified atom stereocenters. The van der Waals surface area contributed by atoms with Crippen LogP contribution in [0.15, 0.2) is 41.2 Å². The highest BCUT2D eigenvalue weighted by Crippen LogP contribution is 2.55. The summed E-state index contributed by atoms with van der Waals surface area (Å²) < 4.78 is 0. The molecule has 4 fully saturated rings. The Morgan fingerprint density at radius 3 is 2.44 bits per heavy atom. The first kappa shape index (κ1) is 17.2. The summed E-state index contributed by atoms with van der Waals surface area (Å²) >= 11 is 1.68. The fraction of sp³-hybridized carbons (Fsp3) is 0.545. The lowest BCUT2D eigenvalue weighted by Crippen LogP contribution is -2.61.